The van der Waals surface area contributed by atoms with E-state index in [-0.39, 0.29) is 11.3 Å². The van der Waals surface area contributed by atoms with E-state index in [0.717, 1.165) is 4.88 Å². The van der Waals surface area contributed by atoms with E-state index in [1.165, 1.54) is 11.3 Å². The summed E-state index contributed by atoms with van der Waals surface area (Å²) in [6.07, 6.45) is 0. The lowest BCUT2D eigenvalue weighted by Crippen LogP contribution is -2.12. The first kappa shape index (κ1) is 13.5. The highest BCUT2D eigenvalue weighted by Gasteiger charge is 2.23. The van der Waals surface area contributed by atoms with Crippen LogP contribution in [-0.4, -0.2) is 16.9 Å². The summed E-state index contributed by atoms with van der Waals surface area (Å²) in [7, 11) is 0. The van der Waals surface area contributed by atoms with E-state index in [4.69, 9.17) is 0 Å². The molecule has 0 spiro atoms. The molecule has 2 aromatic rings. The first-order valence-electron chi connectivity index (χ1n) is 5.86. The highest BCUT2D eigenvalue weighted by atomic mass is 32.1. The lowest BCUT2D eigenvalue weighted by Gasteiger charge is -2.10. The number of hydrogen-bond donors (Lipinski definition) is 1. The SMILES string of the molecule is Cc1ccc(C(=O)c2c(C)ccc(C)c2C(=O)O)s1. The molecule has 0 bridgehead atoms. The minimum atomic E-state index is -1.06. The summed E-state index contributed by atoms with van der Waals surface area (Å²) in [4.78, 5) is 25.5. The van der Waals surface area contributed by atoms with Gasteiger partial charge in [0.25, 0.3) is 0 Å². The van der Waals surface area contributed by atoms with E-state index in [9.17, 15) is 14.7 Å². The highest BCUT2D eigenvalue weighted by Crippen LogP contribution is 2.25. The maximum absolute atomic E-state index is 12.5. The third kappa shape index (κ3) is 2.44. The van der Waals surface area contributed by atoms with Crippen molar-refractivity contribution in [2.24, 2.45) is 0 Å². The first-order chi connectivity index (χ1) is 8.91. The number of hydrogen-bond acceptors (Lipinski definition) is 3. The number of thiophene rings is 1. The van der Waals surface area contributed by atoms with Crippen LogP contribution in [0.5, 0.6) is 0 Å². The maximum Gasteiger partial charge on any atom is 0.336 e. The molecule has 0 aliphatic carbocycles. The Morgan fingerprint density at radius 3 is 2.00 bits per heavy atom. The van der Waals surface area contributed by atoms with Crippen molar-refractivity contribution < 1.29 is 14.7 Å². The molecule has 1 aromatic heterocycles. The average molecular weight is 274 g/mol. The number of benzene rings is 1. The molecule has 0 unspecified atom stereocenters. The van der Waals surface area contributed by atoms with Crippen LogP contribution in [0.15, 0.2) is 24.3 Å². The zero-order chi connectivity index (χ0) is 14.2. The van der Waals surface area contributed by atoms with E-state index in [0.29, 0.717) is 21.6 Å². The molecule has 1 N–H and O–H groups in total. The van der Waals surface area contributed by atoms with Gasteiger partial charge in [0, 0.05) is 10.4 Å². The van der Waals surface area contributed by atoms with Crippen LogP contribution in [0.4, 0.5) is 0 Å². The van der Waals surface area contributed by atoms with Gasteiger partial charge in [-0.15, -0.1) is 11.3 Å². The zero-order valence-electron chi connectivity index (χ0n) is 11.0. The summed E-state index contributed by atoms with van der Waals surface area (Å²) < 4.78 is 0. The number of carbonyl (C=O) groups is 2. The Hall–Kier alpha value is -1.94. The Labute approximate surface area is 115 Å². The Kier molecular flexibility index (Phi) is 3.53. The molecule has 19 heavy (non-hydrogen) atoms. The second kappa shape index (κ2) is 4.97. The van der Waals surface area contributed by atoms with Crippen molar-refractivity contribution in [3.05, 3.63) is 56.3 Å². The van der Waals surface area contributed by atoms with Gasteiger partial charge in [-0.2, -0.15) is 0 Å². The van der Waals surface area contributed by atoms with Crippen LogP contribution in [0.2, 0.25) is 0 Å². The van der Waals surface area contributed by atoms with Crippen molar-refractivity contribution in [1.82, 2.24) is 0 Å². The van der Waals surface area contributed by atoms with E-state index in [2.05, 4.69) is 0 Å². The summed E-state index contributed by atoms with van der Waals surface area (Å²) in [6.45, 7) is 5.39. The van der Waals surface area contributed by atoms with Crippen molar-refractivity contribution in [2.45, 2.75) is 20.8 Å². The van der Waals surface area contributed by atoms with Crippen molar-refractivity contribution in [1.29, 1.82) is 0 Å². The summed E-state index contributed by atoms with van der Waals surface area (Å²) in [5.74, 6) is -1.27. The number of carboxylic acids is 1. The van der Waals surface area contributed by atoms with Crippen LogP contribution in [0, 0.1) is 20.8 Å². The van der Waals surface area contributed by atoms with Gasteiger partial charge in [-0.3, -0.25) is 4.79 Å². The molecular weight excluding hydrogens is 260 g/mol. The number of rotatable bonds is 3. The van der Waals surface area contributed by atoms with Gasteiger partial charge < -0.3 is 5.11 Å². The quantitative estimate of drug-likeness (QED) is 0.870. The minimum Gasteiger partial charge on any atom is -0.478 e. The molecule has 0 aliphatic rings. The molecule has 3 nitrogen and oxygen atoms in total. The van der Waals surface area contributed by atoms with Gasteiger partial charge in [0.1, 0.15) is 0 Å². The fourth-order valence-corrected chi connectivity index (χ4v) is 2.87. The van der Waals surface area contributed by atoms with Gasteiger partial charge in [-0.05, 0) is 44.0 Å². The summed E-state index contributed by atoms with van der Waals surface area (Å²) in [5.41, 5.74) is 1.71. The third-order valence-electron chi connectivity index (χ3n) is 3.03. The molecule has 0 saturated heterocycles. The molecule has 0 atom stereocenters. The molecule has 2 rings (SSSR count). The van der Waals surface area contributed by atoms with Crippen LogP contribution in [0.3, 0.4) is 0 Å². The van der Waals surface area contributed by atoms with Gasteiger partial charge in [0.05, 0.1) is 10.4 Å². The third-order valence-corrected chi connectivity index (χ3v) is 4.03. The number of ketones is 1. The van der Waals surface area contributed by atoms with Crippen LogP contribution in [0.1, 0.15) is 41.6 Å². The number of carbonyl (C=O) groups excluding carboxylic acids is 1. The van der Waals surface area contributed by atoms with Gasteiger partial charge in [-0.1, -0.05) is 12.1 Å². The summed E-state index contributed by atoms with van der Waals surface area (Å²) in [6, 6.07) is 7.13. The van der Waals surface area contributed by atoms with Gasteiger partial charge in [-0.25, -0.2) is 4.79 Å². The molecular formula is C15H14O3S. The van der Waals surface area contributed by atoms with Crippen LogP contribution in [0.25, 0.3) is 0 Å². The fraction of sp³-hybridized carbons (Fsp3) is 0.200. The van der Waals surface area contributed by atoms with E-state index < -0.39 is 5.97 Å². The molecule has 0 fully saturated rings. The predicted octanol–water partition coefficient (Wildman–Crippen LogP) is 3.60. The molecule has 0 aliphatic heterocycles. The highest BCUT2D eigenvalue weighted by molar-refractivity contribution is 7.14. The van der Waals surface area contributed by atoms with E-state index in [1.54, 1.807) is 32.0 Å². The van der Waals surface area contributed by atoms with Crippen molar-refractivity contribution >= 4 is 23.1 Å². The van der Waals surface area contributed by atoms with Crippen molar-refractivity contribution in [3.63, 3.8) is 0 Å². The Morgan fingerprint density at radius 2 is 1.53 bits per heavy atom. The second-order valence-electron chi connectivity index (χ2n) is 4.49. The van der Waals surface area contributed by atoms with Crippen LogP contribution in [-0.2, 0) is 0 Å². The molecule has 0 radical (unpaired) electrons. The monoisotopic (exact) mass is 274 g/mol. The van der Waals surface area contributed by atoms with Crippen LogP contribution >= 0.6 is 11.3 Å². The maximum atomic E-state index is 12.5. The lowest BCUT2D eigenvalue weighted by atomic mass is 9.93. The molecule has 1 heterocycles. The standard InChI is InChI=1S/C15H14O3S/c1-8-4-5-9(2)13(15(17)18)12(8)14(16)11-7-6-10(3)19-11/h4-7H,1-3H3,(H,17,18). The molecule has 4 heteroatoms. The normalized spacial score (nSPS) is 10.5. The summed E-state index contributed by atoms with van der Waals surface area (Å²) in [5, 5.41) is 9.32. The minimum absolute atomic E-state index is 0.107. The second-order valence-corrected chi connectivity index (χ2v) is 5.78. The Balaban J connectivity index is 2.65. The zero-order valence-corrected chi connectivity index (χ0v) is 11.8. The fourth-order valence-electron chi connectivity index (χ4n) is 2.06. The lowest BCUT2D eigenvalue weighted by molar-refractivity contribution is 0.0692. The average Bonchev–Trinajstić information content (AvgIpc) is 2.77. The Morgan fingerprint density at radius 1 is 0.947 bits per heavy atom. The molecule has 0 saturated carbocycles. The van der Waals surface area contributed by atoms with E-state index in [1.807, 2.05) is 13.0 Å². The number of aromatic carboxylic acids is 1. The smallest absolute Gasteiger partial charge is 0.336 e. The topological polar surface area (TPSA) is 54.4 Å². The van der Waals surface area contributed by atoms with Crippen molar-refractivity contribution in [3.8, 4) is 0 Å². The number of aryl methyl sites for hydroxylation is 3. The predicted molar refractivity (Wildman–Crippen MR) is 75.4 cm³/mol. The summed E-state index contributed by atoms with van der Waals surface area (Å²) >= 11 is 1.38. The van der Waals surface area contributed by atoms with E-state index >= 15 is 0 Å². The van der Waals surface area contributed by atoms with Crippen LogP contribution < -0.4 is 0 Å². The van der Waals surface area contributed by atoms with Gasteiger partial charge in [0.2, 0.25) is 5.78 Å². The molecule has 1 aromatic carbocycles. The van der Waals surface area contributed by atoms with Gasteiger partial charge >= 0.3 is 5.97 Å². The van der Waals surface area contributed by atoms with Gasteiger partial charge in [0.15, 0.2) is 0 Å². The Bertz CT molecular complexity index is 668. The first-order valence-corrected chi connectivity index (χ1v) is 6.68. The van der Waals surface area contributed by atoms with Crippen molar-refractivity contribution in [2.75, 3.05) is 0 Å². The largest absolute Gasteiger partial charge is 0.478 e. The molecule has 0 amide bonds. The number of carboxylic acid groups (broad SMARTS) is 1. The molecule has 98 valence electrons.